The van der Waals surface area contributed by atoms with Gasteiger partial charge in [0.15, 0.2) is 0 Å². The molecule has 0 aliphatic carbocycles. The molecule has 4 nitrogen and oxygen atoms in total. The van der Waals surface area contributed by atoms with Crippen molar-refractivity contribution in [2.45, 2.75) is 17.4 Å². The predicted octanol–water partition coefficient (Wildman–Crippen LogP) is 3.67. The molecule has 0 spiro atoms. The number of aromatic nitrogens is 1. The van der Waals surface area contributed by atoms with Gasteiger partial charge in [0.05, 0.1) is 10.6 Å². The Balaban J connectivity index is 2.04. The normalized spacial score (nSPS) is 10.6. The number of ether oxygens (including phenoxy) is 1. The molecule has 0 radical (unpaired) electrons. The molecule has 1 aromatic carbocycles. The van der Waals surface area contributed by atoms with E-state index in [4.69, 9.17) is 5.11 Å². The monoisotopic (exact) mass is 311 g/mol. The van der Waals surface area contributed by atoms with Crippen LogP contribution < -0.4 is 4.74 Å². The Morgan fingerprint density at radius 3 is 2.67 bits per heavy atom. The molecule has 110 valence electrons. The molecule has 2 aromatic rings. The zero-order chi connectivity index (χ0) is 15.2. The summed E-state index contributed by atoms with van der Waals surface area (Å²) in [4.78, 5) is 14.7. The molecule has 0 amide bonds. The van der Waals surface area contributed by atoms with Crippen LogP contribution in [0.4, 0.5) is 8.78 Å². The zero-order valence-corrected chi connectivity index (χ0v) is 11.5. The summed E-state index contributed by atoms with van der Waals surface area (Å²) in [6.45, 7) is -2.87. The van der Waals surface area contributed by atoms with Crippen LogP contribution in [0.25, 0.3) is 0 Å². The van der Waals surface area contributed by atoms with Crippen molar-refractivity contribution in [3.63, 3.8) is 0 Å². The number of nitrogens with zero attached hydrogens (tertiary/aromatic N) is 1. The number of alkyl halides is 2. The third kappa shape index (κ3) is 4.42. The van der Waals surface area contributed by atoms with Gasteiger partial charge >= 0.3 is 12.6 Å². The molecule has 0 unspecified atom stereocenters. The summed E-state index contributed by atoms with van der Waals surface area (Å²) in [5.41, 5.74) is 0.715. The smallest absolute Gasteiger partial charge is 0.387 e. The van der Waals surface area contributed by atoms with Gasteiger partial charge in [-0.25, -0.2) is 9.78 Å². The summed E-state index contributed by atoms with van der Waals surface area (Å²) < 4.78 is 29.0. The maximum absolute atomic E-state index is 12.3. The molecular weight excluding hydrogens is 300 g/mol. The summed E-state index contributed by atoms with van der Waals surface area (Å²) >= 11 is 1.31. The number of thioether (sulfide) groups is 1. The van der Waals surface area contributed by atoms with Crippen molar-refractivity contribution in [3.05, 3.63) is 53.7 Å². The highest BCUT2D eigenvalue weighted by Crippen LogP contribution is 2.27. The Kier molecular flexibility index (Phi) is 5.10. The fourth-order valence-electron chi connectivity index (χ4n) is 1.58. The standard InChI is InChI=1S/C14H11F2NO3S/c15-14(16)20-11-4-2-1-3-10(11)8-21-12-6-5-9(7-17-12)13(18)19/h1-7,14H,8H2,(H,18,19). The lowest BCUT2D eigenvalue weighted by Gasteiger charge is -2.09. The number of pyridine rings is 1. The highest BCUT2D eigenvalue weighted by atomic mass is 32.2. The first-order chi connectivity index (χ1) is 10.1. The average molecular weight is 311 g/mol. The van der Waals surface area contributed by atoms with Gasteiger partial charge in [0.1, 0.15) is 5.75 Å². The van der Waals surface area contributed by atoms with E-state index in [0.29, 0.717) is 16.3 Å². The van der Waals surface area contributed by atoms with Gasteiger partial charge in [0, 0.05) is 17.5 Å². The van der Waals surface area contributed by atoms with Gasteiger partial charge in [0.25, 0.3) is 0 Å². The largest absolute Gasteiger partial charge is 0.478 e. The number of carbonyl (C=O) groups is 1. The SMILES string of the molecule is O=C(O)c1ccc(SCc2ccccc2OC(F)F)nc1. The lowest BCUT2D eigenvalue weighted by atomic mass is 10.2. The van der Waals surface area contributed by atoms with E-state index in [9.17, 15) is 13.6 Å². The summed E-state index contributed by atoms with van der Waals surface area (Å²) in [6, 6.07) is 9.53. The molecule has 0 atom stereocenters. The van der Waals surface area contributed by atoms with E-state index in [1.165, 1.54) is 30.1 Å². The van der Waals surface area contributed by atoms with Crippen molar-refractivity contribution >= 4 is 17.7 Å². The third-order valence-electron chi connectivity index (χ3n) is 2.55. The summed E-state index contributed by atoms with van der Waals surface area (Å²) in [6.07, 6.45) is 1.26. The second-order valence-electron chi connectivity index (χ2n) is 3.97. The number of hydrogen-bond donors (Lipinski definition) is 1. The van der Waals surface area contributed by atoms with Crippen molar-refractivity contribution in [3.8, 4) is 5.75 Å². The van der Waals surface area contributed by atoms with Gasteiger partial charge in [-0.3, -0.25) is 0 Å². The highest BCUT2D eigenvalue weighted by molar-refractivity contribution is 7.98. The Labute approximate surface area is 123 Å². The lowest BCUT2D eigenvalue weighted by molar-refractivity contribution is -0.0503. The van der Waals surface area contributed by atoms with Crippen molar-refractivity contribution < 1.29 is 23.4 Å². The van der Waals surface area contributed by atoms with Crippen LogP contribution in [0.3, 0.4) is 0 Å². The molecule has 1 N–H and O–H groups in total. The average Bonchev–Trinajstić information content (AvgIpc) is 2.46. The second-order valence-corrected chi connectivity index (χ2v) is 4.96. The third-order valence-corrected chi connectivity index (χ3v) is 3.54. The minimum absolute atomic E-state index is 0.0979. The van der Waals surface area contributed by atoms with E-state index in [1.807, 2.05) is 0 Å². The first-order valence-electron chi connectivity index (χ1n) is 5.91. The molecule has 0 aliphatic rings. The maximum Gasteiger partial charge on any atom is 0.387 e. The van der Waals surface area contributed by atoms with Crippen LogP contribution in [0.5, 0.6) is 5.75 Å². The van der Waals surface area contributed by atoms with Gasteiger partial charge < -0.3 is 9.84 Å². The number of rotatable bonds is 6. The molecule has 0 aliphatic heterocycles. The maximum atomic E-state index is 12.3. The fraction of sp³-hybridized carbons (Fsp3) is 0.143. The fourth-order valence-corrected chi connectivity index (χ4v) is 2.41. The van der Waals surface area contributed by atoms with Gasteiger partial charge in [-0.2, -0.15) is 8.78 Å². The summed E-state index contributed by atoms with van der Waals surface area (Å²) in [5, 5.41) is 9.37. The quantitative estimate of drug-likeness (QED) is 0.825. The van der Waals surface area contributed by atoms with Crippen LogP contribution >= 0.6 is 11.8 Å². The topological polar surface area (TPSA) is 59.4 Å². The molecule has 2 rings (SSSR count). The van der Waals surface area contributed by atoms with Crippen molar-refractivity contribution in [2.75, 3.05) is 0 Å². The number of benzene rings is 1. The molecule has 0 bridgehead atoms. The number of halogens is 2. The van der Waals surface area contributed by atoms with Gasteiger partial charge in [-0.15, -0.1) is 11.8 Å². The van der Waals surface area contributed by atoms with E-state index < -0.39 is 12.6 Å². The number of aromatic carboxylic acids is 1. The van der Waals surface area contributed by atoms with Crippen LogP contribution in [-0.4, -0.2) is 22.7 Å². The van der Waals surface area contributed by atoms with E-state index in [1.54, 1.807) is 24.3 Å². The lowest BCUT2D eigenvalue weighted by Crippen LogP contribution is -2.04. The first-order valence-corrected chi connectivity index (χ1v) is 6.89. The van der Waals surface area contributed by atoms with Gasteiger partial charge in [0.2, 0.25) is 0 Å². The molecule has 0 saturated carbocycles. The van der Waals surface area contributed by atoms with E-state index >= 15 is 0 Å². The molecule has 1 aromatic heterocycles. The van der Waals surface area contributed by atoms with Gasteiger partial charge in [-0.1, -0.05) is 18.2 Å². The Morgan fingerprint density at radius 2 is 2.05 bits per heavy atom. The van der Waals surface area contributed by atoms with Crippen molar-refractivity contribution in [1.82, 2.24) is 4.98 Å². The first kappa shape index (κ1) is 15.2. The van der Waals surface area contributed by atoms with Crippen molar-refractivity contribution in [2.24, 2.45) is 0 Å². The highest BCUT2D eigenvalue weighted by Gasteiger charge is 2.10. The van der Waals surface area contributed by atoms with Gasteiger partial charge in [-0.05, 0) is 18.2 Å². The number of hydrogen-bond acceptors (Lipinski definition) is 4. The number of para-hydroxylation sites is 1. The number of carboxylic acid groups (broad SMARTS) is 1. The molecule has 21 heavy (non-hydrogen) atoms. The van der Waals surface area contributed by atoms with Crippen LogP contribution in [0.1, 0.15) is 15.9 Å². The van der Waals surface area contributed by atoms with Crippen LogP contribution in [0.2, 0.25) is 0 Å². The zero-order valence-electron chi connectivity index (χ0n) is 10.7. The predicted molar refractivity (Wildman–Crippen MR) is 73.8 cm³/mol. The van der Waals surface area contributed by atoms with Crippen LogP contribution in [0.15, 0.2) is 47.6 Å². The molecule has 0 fully saturated rings. The Hall–Kier alpha value is -2.15. The van der Waals surface area contributed by atoms with Crippen molar-refractivity contribution in [1.29, 1.82) is 0 Å². The summed E-state index contributed by atoms with van der Waals surface area (Å²) in [7, 11) is 0. The summed E-state index contributed by atoms with van der Waals surface area (Å²) in [5.74, 6) is -0.528. The second kappa shape index (κ2) is 7.03. The Bertz CT molecular complexity index is 620. The van der Waals surface area contributed by atoms with E-state index in [0.717, 1.165) is 0 Å². The van der Waals surface area contributed by atoms with E-state index in [2.05, 4.69) is 9.72 Å². The molecule has 0 saturated heterocycles. The Morgan fingerprint density at radius 1 is 1.29 bits per heavy atom. The minimum Gasteiger partial charge on any atom is -0.478 e. The number of carboxylic acids is 1. The molecular formula is C14H11F2NO3S. The molecule has 7 heteroatoms. The van der Waals surface area contributed by atoms with Crippen LogP contribution in [-0.2, 0) is 5.75 Å². The van der Waals surface area contributed by atoms with Crippen LogP contribution in [0, 0.1) is 0 Å². The minimum atomic E-state index is -2.87. The van der Waals surface area contributed by atoms with E-state index in [-0.39, 0.29) is 11.3 Å². The molecule has 1 heterocycles.